The Labute approximate surface area is 226 Å². The van der Waals surface area contributed by atoms with Crippen LogP contribution in [0.2, 0.25) is 5.02 Å². The Morgan fingerprint density at radius 1 is 0.816 bits per heavy atom. The number of ether oxygens (including phenoxy) is 5. The summed E-state index contributed by atoms with van der Waals surface area (Å²) in [6, 6.07) is 14.2. The fourth-order valence-electron chi connectivity index (χ4n) is 3.46. The number of carbonyl (C=O) groups excluding carboxylic acids is 1. The van der Waals surface area contributed by atoms with E-state index in [4.69, 9.17) is 35.3 Å². The molecule has 0 unspecified atom stereocenters. The standard InChI is InChI=1S/C26H29ClN2O8S/c1-33-22-10-5-17(13-25(22)36-4)11-12-28-38(31,32)19-8-6-18(7-9-19)37-16-26(30)29-21-15-23(34-2)20(27)14-24(21)35-3/h5-10,13-15,28H,11-12,16H2,1-4H3,(H,29,30). The highest BCUT2D eigenvalue weighted by molar-refractivity contribution is 7.89. The maximum absolute atomic E-state index is 12.7. The summed E-state index contributed by atoms with van der Waals surface area (Å²) in [5.74, 6) is 1.77. The Morgan fingerprint density at radius 2 is 1.47 bits per heavy atom. The van der Waals surface area contributed by atoms with E-state index in [2.05, 4.69) is 10.0 Å². The number of methoxy groups -OCH3 is 4. The molecule has 0 aliphatic rings. The van der Waals surface area contributed by atoms with Gasteiger partial charge in [-0.05, 0) is 48.4 Å². The van der Waals surface area contributed by atoms with Crippen molar-refractivity contribution in [2.24, 2.45) is 0 Å². The molecular weight excluding hydrogens is 536 g/mol. The summed E-state index contributed by atoms with van der Waals surface area (Å²) in [4.78, 5) is 12.5. The van der Waals surface area contributed by atoms with E-state index in [-0.39, 0.29) is 18.0 Å². The van der Waals surface area contributed by atoms with Gasteiger partial charge in [0.15, 0.2) is 18.1 Å². The van der Waals surface area contributed by atoms with Crippen LogP contribution in [-0.4, -0.2) is 55.9 Å². The zero-order valence-electron chi connectivity index (χ0n) is 21.4. The minimum absolute atomic E-state index is 0.0691. The zero-order chi connectivity index (χ0) is 27.7. The Bertz CT molecular complexity index is 1360. The lowest BCUT2D eigenvalue weighted by molar-refractivity contribution is -0.118. The van der Waals surface area contributed by atoms with Gasteiger partial charge in [-0.3, -0.25) is 4.79 Å². The van der Waals surface area contributed by atoms with Gasteiger partial charge in [0.2, 0.25) is 10.0 Å². The minimum Gasteiger partial charge on any atom is -0.495 e. The van der Waals surface area contributed by atoms with Crippen LogP contribution in [0.15, 0.2) is 59.5 Å². The average Bonchev–Trinajstić information content (AvgIpc) is 2.92. The Kier molecular flexibility index (Phi) is 10.1. The van der Waals surface area contributed by atoms with E-state index < -0.39 is 15.9 Å². The average molecular weight is 565 g/mol. The van der Waals surface area contributed by atoms with Crippen LogP contribution < -0.4 is 33.7 Å². The van der Waals surface area contributed by atoms with Crippen LogP contribution in [0.1, 0.15) is 5.56 Å². The molecule has 0 aromatic heterocycles. The van der Waals surface area contributed by atoms with Gasteiger partial charge >= 0.3 is 0 Å². The second-order valence-electron chi connectivity index (χ2n) is 7.83. The summed E-state index contributed by atoms with van der Waals surface area (Å²) < 4.78 is 54.3. The molecule has 1 amide bonds. The number of rotatable bonds is 13. The van der Waals surface area contributed by atoms with Gasteiger partial charge in [-0.25, -0.2) is 13.1 Å². The number of hydrogen-bond donors (Lipinski definition) is 2. The molecule has 0 radical (unpaired) electrons. The van der Waals surface area contributed by atoms with Crippen LogP contribution in [0.5, 0.6) is 28.7 Å². The molecule has 3 aromatic rings. The predicted octanol–water partition coefficient (Wildman–Crippen LogP) is 3.91. The van der Waals surface area contributed by atoms with Crippen molar-refractivity contribution in [2.75, 3.05) is 46.9 Å². The van der Waals surface area contributed by atoms with E-state index in [9.17, 15) is 13.2 Å². The monoisotopic (exact) mass is 564 g/mol. The fourth-order valence-corrected chi connectivity index (χ4v) is 4.72. The third kappa shape index (κ3) is 7.44. The molecule has 0 aliphatic carbocycles. The maximum atomic E-state index is 12.7. The quantitative estimate of drug-likeness (QED) is 0.320. The van der Waals surface area contributed by atoms with Gasteiger partial charge in [0.1, 0.15) is 17.2 Å². The third-order valence-corrected chi connectivity index (χ3v) is 7.18. The number of nitrogens with one attached hydrogen (secondary N) is 2. The highest BCUT2D eigenvalue weighted by atomic mass is 35.5. The molecule has 0 bridgehead atoms. The van der Waals surface area contributed by atoms with E-state index in [1.165, 1.54) is 50.6 Å². The molecule has 0 atom stereocenters. The van der Waals surface area contributed by atoms with Gasteiger partial charge in [-0.2, -0.15) is 0 Å². The van der Waals surface area contributed by atoms with Crippen LogP contribution in [0, 0.1) is 0 Å². The SMILES string of the molecule is COc1cc(NC(=O)COc2ccc(S(=O)(=O)NCCc3ccc(OC)c(OC)c3)cc2)c(OC)cc1Cl. The van der Waals surface area contributed by atoms with Gasteiger partial charge in [-0.15, -0.1) is 0 Å². The summed E-state index contributed by atoms with van der Waals surface area (Å²) >= 11 is 6.08. The highest BCUT2D eigenvalue weighted by Gasteiger charge is 2.16. The first-order valence-electron chi connectivity index (χ1n) is 11.4. The summed E-state index contributed by atoms with van der Waals surface area (Å²) in [6.45, 7) is -0.126. The van der Waals surface area contributed by atoms with Crippen molar-refractivity contribution in [2.45, 2.75) is 11.3 Å². The van der Waals surface area contributed by atoms with Crippen molar-refractivity contribution in [1.82, 2.24) is 4.72 Å². The molecule has 10 nitrogen and oxygen atoms in total. The Morgan fingerprint density at radius 3 is 2.11 bits per heavy atom. The van der Waals surface area contributed by atoms with Gasteiger partial charge in [0.25, 0.3) is 5.91 Å². The Balaban J connectivity index is 1.54. The number of halogens is 1. The molecule has 0 spiro atoms. The van der Waals surface area contributed by atoms with Crippen molar-refractivity contribution in [3.05, 3.63) is 65.2 Å². The molecule has 12 heteroatoms. The summed E-state index contributed by atoms with van der Waals surface area (Å²) in [5.41, 5.74) is 1.25. The number of benzene rings is 3. The second kappa shape index (κ2) is 13.2. The molecule has 38 heavy (non-hydrogen) atoms. The molecule has 204 valence electrons. The second-order valence-corrected chi connectivity index (χ2v) is 10.0. The lowest BCUT2D eigenvalue weighted by Gasteiger charge is -2.13. The smallest absolute Gasteiger partial charge is 0.262 e. The molecule has 3 aromatic carbocycles. The molecule has 0 fully saturated rings. The number of amides is 1. The minimum atomic E-state index is -3.74. The van der Waals surface area contributed by atoms with Crippen molar-refractivity contribution in [1.29, 1.82) is 0 Å². The first kappa shape index (κ1) is 28.9. The van der Waals surface area contributed by atoms with Crippen LogP contribution in [0.25, 0.3) is 0 Å². The predicted molar refractivity (Wildman–Crippen MR) is 144 cm³/mol. The molecule has 3 rings (SSSR count). The van der Waals surface area contributed by atoms with Gasteiger partial charge in [0, 0.05) is 18.7 Å². The summed E-state index contributed by atoms with van der Waals surface area (Å²) in [5, 5.41) is 3.01. The van der Waals surface area contributed by atoms with Crippen LogP contribution in [-0.2, 0) is 21.2 Å². The van der Waals surface area contributed by atoms with Crippen molar-refractivity contribution in [3.8, 4) is 28.7 Å². The number of hydrogen-bond acceptors (Lipinski definition) is 8. The van der Waals surface area contributed by atoms with Crippen molar-refractivity contribution in [3.63, 3.8) is 0 Å². The number of sulfonamides is 1. The van der Waals surface area contributed by atoms with Crippen molar-refractivity contribution >= 4 is 33.2 Å². The third-order valence-electron chi connectivity index (χ3n) is 5.41. The summed E-state index contributed by atoms with van der Waals surface area (Å²) in [7, 11) is 2.25. The molecule has 2 N–H and O–H groups in total. The normalized spacial score (nSPS) is 11.0. The van der Waals surface area contributed by atoms with Gasteiger partial charge in [0.05, 0.1) is 44.0 Å². The topological polar surface area (TPSA) is 121 Å². The Hall–Kier alpha value is -3.67. The maximum Gasteiger partial charge on any atom is 0.262 e. The summed E-state index contributed by atoms with van der Waals surface area (Å²) in [6.07, 6.45) is 0.459. The molecule has 0 saturated heterocycles. The first-order valence-corrected chi connectivity index (χ1v) is 13.2. The molecular formula is C26H29ClN2O8S. The van der Waals surface area contributed by atoms with E-state index in [1.54, 1.807) is 26.4 Å². The first-order chi connectivity index (χ1) is 18.2. The highest BCUT2D eigenvalue weighted by Crippen LogP contribution is 2.35. The molecule has 0 aliphatic heterocycles. The van der Waals surface area contributed by atoms with E-state index in [0.717, 1.165) is 5.56 Å². The molecule has 0 heterocycles. The van der Waals surface area contributed by atoms with Gasteiger partial charge in [-0.1, -0.05) is 17.7 Å². The van der Waals surface area contributed by atoms with E-state index >= 15 is 0 Å². The van der Waals surface area contributed by atoms with Gasteiger partial charge < -0.3 is 29.0 Å². The van der Waals surface area contributed by atoms with E-state index in [1.807, 2.05) is 6.07 Å². The van der Waals surface area contributed by atoms with E-state index in [0.29, 0.717) is 45.9 Å². The number of carbonyl (C=O) groups is 1. The fraction of sp³-hybridized carbons (Fsp3) is 0.269. The molecule has 0 saturated carbocycles. The number of anilines is 1. The largest absolute Gasteiger partial charge is 0.495 e. The lowest BCUT2D eigenvalue weighted by atomic mass is 10.1. The zero-order valence-corrected chi connectivity index (χ0v) is 22.9. The lowest BCUT2D eigenvalue weighted by Crippen LogP contribution is -2.26. The van der Waals surface area contributed by atoms with Crippen LogP contribution >= 0.6 is 11.6 Å². The van der Waals surface area contributed by atoms with Crippen molar-refractivity contribution < 1.29 is 36.9 Å². The van der Waals surface area contributed by atoms with Crippen LogP contribution in [0.4, 0.5) is 5.69 Å². The van der Waals surface area contributed by atoms with Crippen LogP contribution in [0.3, 0.4) is 0 Å².